The van der Waals surface area contributed by atoms with E-state index in [4.69, 9.17) is 0 Å². The molecule has 0 heterocycles. The predicted octanol–water partition coefficient (Wildman–Crippen LogP) is -2.63. The Morgan fingerprint density at radius 1 is 1.20 bits per heavy atom. The molecule has 0 atom stereocenters. The molecule has 0 aliphatic carbocycles. The van der Waals surface area contributed by atoms with E-state index in [0.29, 0.717) is 0 Å². The van der Waals surface area contributed by atoms with Gasteiger partial charge in [0.2, 0.25) is 0 Å². The molecule has 0 fully saturated rings. The van der Waals surface area contributed by atoms with Gasteiger partial charge >= 0.3 is 0 Å². The second-order valence-corrected chi connectivity index (χ2v) is 1.37. The maximum absolute atomic E-state index is 9.98. The quantitative estimate of drug-likeness (QED) is 0.300. The van der Waals surface area contributed by atoms with Crippen LogP contribution in [-0.2, 0) is 4.79 Å². The van der Waals surface area contributed by atoms with Crippen molar-refractivity contribution in [1.29, 1.82) is 0 Å². The summed E-state index contributed by atoms with van der Waals surface area (Å²) in [5, 5.41) is 9.98. The molecule has 0 aliphatic heterocycles. The van der Waals surface area contributed by atoms with Gasteiger partial charge < -0.3 is 21.5 Å². The number of rotatable bonds is 1. The van der Waals surface area contributed by atoms with Crippen LogP contribution in [0.3, 0.4) is 0 Å². The molecule has 0 saturated carbocycles. The molecule has 0 amide bonds. The third-order valence-electron chi connectivity index (χ3n) is 0.407. The van der Waals surface area contributed by atoms with E-state index in [1.165, 1.54) is 13.8 Å². The topological polar surface area (TPSA) is 135 Å². The summed E-state index contributed by atoms with van der Waals surface area (Å²) in [5.41, 5.74) is 0. The minimum atomic E-state index is -0.187. The van der Waals surface area contributed by atoms with Crippen molar-refractivity contribution >= 4 is 5.78 Å². The van der Waals surface area contributed by atoms with Crippen LogP contribution in [0.25, 0.3) is 0 Å². The maximum Gasteiger partial charge on any atom is 0.151 e. The Balaban J connectivity index is -0.0000000600. The summed E-state index contributed by atoms with van der Waals surface area (Å²) in [6, 6.07) is 0. The molecule has 0 saturated heterocycles. The Morgan fingerprint density at radius 2 is 1.50 bits per heavy atom. The molecule has 64 valence electrons. The van der Waals surface area contributed by atoms with Crippen LogP contribution in [0.15, 0.2) is 11.8 Å². The Hall–Kier alpha value is -0.910. The first-order chi connectivity index (χ1) is 3.13. The van der Waals surface area contributed by atoms with E-state index in [9.17, 15) is 9.90 Å². The number of carbonyl (C=O) groups excluding carboxylic acids is 1. The summed E-state index contributed by atoms with van der Waals surface area (Å²) in [6.45, 7) is 2.70. The lowest BCUT2D eigenvalue weighted by Crippen LogP contribution is -1.99. The van der Waals surface area contributed by atoms with Crippen LogP contribution >= 0.6 is 0 Å². The molecule has 0 unspecified atom stereocenters. The maximum atomic E-state index is 9.98. The number of hydrogen-bond donors (Lipinski definition) is 0. The van der Waals surface area contributed by atoms with Gasteiger partial charge in [0.05, 0.1) is 0 Å². The zero-order valence-corrected chi connectivity index (χ0v) is 5.89. The average Bonchev–Trinajstić information content (AvgIpc) is 1.27. The van der Waals surface area contributed by atoms with Crippen molar-refractivity contribution in [3.63, 3.8) is 0 Å². The molecular formula is C5H13O5-. The van der Waals surface area contributed by atoms with Crippen LogP contribution in [-0.4, -0.2) is 22.2 Å². The highest BCUT2D eigenvalue weighted by atomic mass is 16.3. The predicted molar refractivity (Wildman–Crippen MR) is 35.3 cm³/mol. The van der Waals surface area contributed by atoms with Crippen molar-refractivity contribution in [1.82, 2.24) is 0 Å². The van der Waals surface area contributed by atoms with Crippen molar-refractivity contribution < 1.29 is 26.3 Å². The molecule has 0 aliphatic rings. The number of carbonyl (C=O) groups is 1. The second kappa shape index (κ2) is 11.0. The standard InChI is InChI=1S/C5H8O2.3H2O/c1-4(6)3-5(2)7;;;/h3,6H,1-2H3;3*1H2/p-1/b4-3-;;;. The minimum Gasteiger partial charge on any atom is -0.876 e. The largest absolute Gasteiger partial charge is 0.876 e. The van der Waals surface area contributed by atoms with Gasteiger partial charge in [0.1, 0.15) is 0 Å². The molecule has 5 heteroatoms. The van der Waals surface area contributed by atoms with Gasteiger partial charge in [-0.25, -0.2) is 0 Å². The van der Waals surface area contributed by atoms with Crippen LogP contribution < -0.4 is 5.11 Å². The fraction of sp³-hybridized carbons (Fsp3) is 0.400. The van der Waals surface area contributed by atoms with Gasteiger partial charge in [-0.2, -0.15) is 0 Å². The van der Waals surface area contributed by atoms with Crippen LogP contribution in [0.4, 0.5) is 0 Å². The zero-order valence-electron chi connectivity index (χ0n) is 5.89. The van der Waals surface area contributed by atoms with E-state index in [-0.39, 0.29) is 28.0 Å². The highest BCUT2D eigenvalue weighted by Crippen LogP contribution is 1.77. The van der Waals surface area contributed by atoms with E-state index in [0.717, 1.165) is 6.08 Å². The smallest absolute Gasteiger partial charge is 0.151 e. The minimum absolute atomic E-state index is 0. The van der Waals surface area contributed by atoms with Gasteiger partial charge in [0, 0.05) is 0 Å². The van der Waals surface area contributed by atoms with Crippen molar-refractivity contribution in [2.75, 3.05) is 0 Å². The fourth-order valence-corrected chi connectivity index (χ4v) is 0.286. The Kier molecular flexibility index (Phi) is 25.2. The van der Waals surface area contributed by atoms with Gasteiger partial charge in [-0.05, 0) is 13.0 Å². The Morgan fingerprint density at radius 3 is 1.50 bits per heavy atom. The molecule has 0 bridgehead atoms. The molecular weight excluding hydrogens is 140 g/mol. The van der Waals surface area contributed by atoms with Crippen LogP contribution in [0, 0.1) is 0 Å². The van der Waals surface area contributed by atoms with E-state index >= 15 is 0 Å². The second-order valence-electron chi connectivity index (χ2n) is 1.37. The van der Waals surface area contributed by atoms with E-state index < -0.39 is 0 Å². The van der Waals surface area contributed by atoms with Gasteiger partial charge in [-0.1, -0.05) is 6.92 Å². The third-order valence-corrected chi connectivity index (χ3v) is 0.407. The van der Waals surface area contributed by atoms with Gasteiger partial charge in [-0.15, -0.1) is 5.76 Å². The lowest BCUT2D eigenvalue weighted by atomic mass is 10.4. The molecule has 6 N–H and O–H groups in total. The summed E-state index contributed by atoms with van der Waals surface area (Å²) in [6.07, 6.45) is 1.06. The summed E-state index contributed by atoms with van der Waals surface area (Å²) in [5.74, 6) is -0.375. The Labute approximate surface area is 58.9 Å². The first kappa shape index (κ1) is 23.0. The zero-order chi connectivity index (χ0) is 5.86. The first-order valence-corrected chi connectivity index (χ1v) is 1.99. The van der Waals surface area contributed by atoms with E-state index in [1.807, 2.05) is 0 Å². The van der Waals surface area contributed by atoms with Gasteiger partial charge in [0.25, 0.3) is 0 Å². The number of ketones is 1. The van der Waals surface area contributed by atoms with Crippen molar-refractivity contribution in [3.8, 4) is 0 Å². The highest BCUT2D eigenvalue weighted by Gasteiger charge is 1.76. The van der Waals surface area contributed by atoms with Crippen LogP contribution in [0.1, 0.15) is 13.8 Å². The third kappa shape index (κ3) is 27.5. The lowest BCUT2D eigenvalue weighted by Gasteiger charge is -1.98. The van der Waals surface area contributed by atoms with Crippen LogP contribution in [0.2, 0.25) is 0 Å². The molecule has 10 heavy (non-hydrogen) atoms. The van der Waals surface area contributed by atoms with Crippen LogP contribution in [0.5, 0.6) is 0 Å². The monoisotopic (exact) mass is 153 g/mol. The molecule has 0 aromatic carbocycles. The van der Waals surface area contributed by atoms with E-state index in [2.05, 4.69) is 0 Å². The Bertz CT molecular complexity index is 103. The number of allylic oxidation sites excluding steroid dienone is 2. The van der Waals surface area contributed by atoms with Gasteiger partial charge in [-0.3, -0.25) is 4.79 Å². The molecule has 5 nitrogen and oxygen atoms in total. The molecule has 0 aromatic heterocycles. The van der Waals surface area contributed by atoms with E-state index in [1.54, 1.807) is 0 Å². The summed E-state index contributed by atoms with van der Waals surface area (Å²) in [4.78, 5) is 9.98. The van der Waals surface area contributed by atoms with Crippen molar-refractivity contribution in [2.45, 2.75) is 13.8 Å². The first-order valence-electron chi connectivity index (χ1n) is 1.99. The summed E-state index contributed by atoms with van der Waals surface area (Å²) in [7, 11) is 0. The molecule has 0 radical (unpaired) electrons. The van der Waals surface area contributed by atoms with Gasteiger partial charge in [0.15, 0.2) is 5.78 Å². The molecule has 0 aromatic rings. The average molecular weight is 153 g/mol. The number of hydrogen-bond acceptors (Lipinski definition) is 2. The highest BCUT2D eigenvalue weighted by molar-refractivity contribution is 5.87. The van der Waals surface area contributed by atoms with Crippen molar-refractivity contribution in [2.24, 2.45) is 0 Å². The van der Waals surface area contributed by atoms with Crippen molar-refractivity contribution in [3.05, 3.63) is 11.8 Å². The lowest BCUT2D eigenvalue weighted by molar-refractivity contribution is -0.301. The summed E-state index contributed by atoms with van der Waals surface area (Å²) < 4.78 is 0. The summed E-state index contributed by atoms with van der Waals surface area (Å²) >= 11 is 0. The molecule has 0 rings (SSSR count). The molecule has 0 spiro atoms. The fourth-order valence-electron chi connectivity index (χ4n) is 0.286. The normalized spacial score (nSPS) is 8.00. The SMILES string of the molecule is CC(=O)/C=C(/C)[O-].O.O.O.